The molecule has 3 aromatic carbocycles. The Morgan fingerprint density at radius 2 is 1.48 bits per heavy atom. The number of carbonyl (C=O) groups excluding carboxylic acids is 1. The van der Waals surface area contributed by atoms with Crippen molar-refractivity contribution in [2.24, 2.45) is 0 Å². The van der Waals surface area contributed by atoms with Crippen molar-refractivity contribution in [3.63, 3.8) is 0 Å². The van der Waals surface area contributed by atoms with Crippen molar-refractivity contribution < 1.29 is 14.3 Å². The maximum atomic E-state index is 12.1. The third-order valence-electron chi connectivity index (χ3n) is 3.60. The Morgan fingerprint density at radius 3 is 2.20 bits per heavy atom. The summed E-state index contributed by atoms with van der Waals surface area (Å²) in [4.78, 5) is 12.1. The summed E-state index contributed by atoms with van der Waals surface area (Å²) in [5, 5.41) is 2.70. The minimum Gasteiger partial charge on any atom is -0.492 e. The van der Waals surface area contributed by atoms with Crippen molar-refractivity contribution in [1.29, 1.82) is 0 Å². The molecule has 0 saturated carbocycles. The van der Waals surface area contributed by atoms with Crippen LogP contribution in [0.4, 0.5) is 10.5 Å². The predicted molar refractivity (Wildman–Crippen MR) is 99.1 cm³/mol. The van der Waals surface area contributed by atoms with Crippen molar-refractivity contribution in [3.05, 3.63) is 78.9 Å². The van der Waals surface area contributed by atoms with Gasteiger partial charge >= 0.3 is 6.09 Å². The van der Waals surface area contributed by atoms with Gasteiger partial charge in [0.05, 0.1) is 12.3 Å². The van der Waals surface area contributed by atoms with Crippen LogP contribution in [0.25, 0.3) is 11.1 Å². The van der Waals surface area contributed by atoms with Gasteiger partial charge in [0.15, 0.2) is 0 Å². The lowest BCUT2D eigenvalue weighted by Gasteiger charge is -2.11. The molecule has 0 aliphatic rings. The second kappa shape index (κ2) is 8.02. The molecule has 4 nitrogen and oxygen atoms in total. The van der Waals surface area contributed by atoms with E-state index < -0.39 is 6.09 Å². The molecule has 0 saturated heterocycles. The zero-order valence-electron chi connectivity index (χ0n) is 13.9. The van der Waals surface area contributed by atoms with Crippen molar-refractivity contribution in [3.8, 4) is 22.6 Å². The summed E-state index contributed by atoms with van der Waals surface area (Å²) in [7, 11) is 0. The first-order valence-electron chi connectivity index (χ1n) is 8.12. The molecular weight excluding hydrogens is 314 g/mol. The van der Waals surface area contributed by atoms with Gasteiger partial charge in [-0.05, 0) is 42.3 Å². The van der Waals surface area contributed by atoms with Crippen LogP contribution in [0.5, 0.6) is 11.5 Å². The molecule has 3 rings (SSSR count). The van der Waals surface area contributed by atoms with E-state index in [9.17, 15) is 4.79 Å². The molecule has 1 amide bonds. The Kier molecular flexibility index (Phi) is 5.32. The van der Waals surface area contributed by atoms with E-state index in [2.05, 4.69) is 5.32 Å². The van der Waals surface area contributed by atoms with E-state index in [1.807, 2.05) is 61.5 Å². The summed E-state index contributed by atoms with van der Waals surface area (Å²) in [6.07, 6.45) is -0.556. The van der Waals surface area contributed by atoms with Crippen LogP contribution in [0.1, 0.15) is 6.92 Å². The molecule has 25 heavy (non-hydrogen) atoms. The highest BCUT2D eigenvalue weighted by Gasteiger charge is 2.09. The van der Waals surface area contributed by atoms with E-state index >= 15 is 0 Å². The van der Waals surface area contributed by atoms with Crippen LogP contribution in [0, 0.1) is 0 Å². The monoisotopic (exact) mass is 333 g/mol. The molecule has 4 heteroatoms. The lowest BCUT2D eigenvalue weighted by atomic mass is 10.1. The first-order chi connectivity index (χ1) is 12.3. The van der Waals surface area contributed by atoms with Gasteiger partial charge in [-0.3, -0.25) is 5.32 Å². The van der Waals surface area contributed by atoms with Crippen LogP contribution in [0.15, 0.2) is 78.9 Å². The number of hydrogen-bond acceptors (Lipinski definition) is 3. The SMILES string of the molecule is CCOc1ccccc1NC(=O)Oc1ccc(-c2ccccc2)cc1. The van der Waals surface area contributed by atoms with Gasteiger partial charge < -0.3 is 9.47 Å². The highest BCUT2D eigenvalue weighted by Crippen LogP contribution is 2.25. The molecule has 0 atom stereocenters. The average molecular weight is 333 g/mol. The minimum absolute atomic E-state index is 0.478. The van der Waals surface area contributed by atoms with Crippen molar-refractivity contribution >= 4 is 11.8 Å². The molecule has 3 aromatic rings. The van der Waals surface area contributed by atoms with E-state index in [0.717, 1.165) is 11.1 Å². The molecule has 0 spiro atoms. The lowest BCUT2D eigenvalue weighted by Crippen LogP contribution is -2.17. The molecule has 0 aliphatic carbocycles. The number of rotatable bonds is 5. The number of anilines is 1. The molecule has 0 heterocycles. The number of benzene rings is 3. The highest BCUT2D eigenvalue weighted by molar-refractivity contribution is 5.88. The lowest BCUT2D eigenvalue weighted by molar-refractivity contribution is 0.215. The highest BCUT2D eigenvalue weighted by atomic mass is 16.6. The van der Waals surface area contributed by atoms with Crippen LogP contribution in [0.3, 0.4) is 0 Å². The number of nitrogens with one attached hydrogen (secondary N) is 1. The summed E-state index contributed by atoms with van der Waals surface area (Å²) in [5.74, 6) is 1.09. The second-order valence-corrected chi connectivity index (χ2v) is 5.33. The van der Waals surface area contributed by atoms with Crippen molar-refractivity contribution in [2.45, 2.75) is 6.92 Å². The van der Waals surface area contributed by atoms with Gasteiger partial charge in [0, 0.05) is 0 Å². The first kappa shape index (κ1) is 16.6. The summed E-state index contributed by atoms with van der Waals surface area (Å²) >= 11 is 0. The molecule has 0 aliphatic heterocycles. The van der Waals surface area contributed by atoms with Gasteiger partial charge in [-0.1, -0.05) is 54.6 Å². The Morgan fingerprint density at radius 1 is 0.840 bits per heavy atom. The van der Waals surface area contributed by atoms with E-state index in [0.29, 0.717) is 23.8 Å². The summed E-state index contributed by atoms with van der Waals surface area (Å²) < 4.78 is 10.8. The molecule has 0 aromatic heterocycles. The topological polar surface area (TPSA) is 47.6 Å². The third kappa shape index (κ3) is 4.38. The van der Waals surface area contributed by atoms with Gasteiger partial charge in [-0.2, -0.15) is 0 Å². The van der Waals surface area contributed by atoms with Gasteiger partial charge in [-0.25, -0.2) is 4.79 Å². The molecule has 126 valence electrons. The van der Waals surface area contributed by atoms with Gasteiger partial charge in [-0.15, -0.1) is 0 Å². The Balaban J connectivity index is 1.65. The average Bonchev–Trinajstić information content (AvgIpc) is 2.65. The van der Waals surface area contributed by atoms with Crippen LogP contribution in [-0.2, 0) is 0 Å². The van der Waals surface area contributed by atoms with E-state index in [1.54, 1.807) is 24.3 Å². The molecule has 0 radical (unpaired) electrons. The normalized spacial score (nSPS) is 10.1. The third-order valence-corrected chi connectivity index (χ3v) is 3.60. The number of ether oxygens (including phenoxy) is 2. The maximum absolute atomic E-state index is 12.1. The smallest absolute Gasteiger partial charge is 0.417 e. The zero-order valence-corrected chi connectivity index (χ0v) is 13.9. The van der Waals surface area contributed by atoms with E-state index in [-0.39, 0.29) is 0 Å². The van der Waals surface area contributed by atoms with Crippen LogP contribution in [-0.4, -0.2) is 12.7 Å². The molecular formula is C21H19NO3. The Labute approximate surface area is 147 Å². The maximum Gasteiger partial charge on any atom is 0.417 e. The van der Waals surface area contributed by atoms with Crippen LogP contribution >= 0.6 is 0 Å². The largest absolute Gasteiger partial charge is 0.492 e. The number of hydrogen-bond donors (Lipinski definition) is 1. The second-order valence-electron chi connectivity index (χ2n) is 5.33. The number of para-hydroxylation sites is 2. The molecule has 0 bridgehead atoms. The predicted octanol–water partition coefficient (Wildman–Crippen LogP) is 5.36. The van der Waals surface area contributed by atoms with Gasteiger partial charge in [0.1, 0.15) is 11.5 Å². The fourth-order valence-electron chi connectivity index (χ4n) is 2.44. The van der Waals surface area contributed by atoms with Crippen molar-refractivity contribution in [2.75, 3.05) is 11.9 Å². The van der Waals surface area contributed by atoms with Gasteiger partial charge in [0.25, 0.3) is 0 Å². The number of amides is 1. The first-order valence-corrected chi connectivity index (χ1v) is 8.12. The number of carbonyl (C=O) groups is 1. The summed E-state index contributed by atoms with van der Waals surface area (Å²) in [6, 6.07) is 24.7. The quantitative estimate of drug-likeness (QED) is 0.683. The minimum atomic E-state index is -0.556. The summed E-state index contributed by atoms with van der Waals surface area (Å²) in [5.41, 5.74) is 2.76. The Bertz CT molecular complexity index is 829. The van der Waals surface area contributed by atoms with Crippen molar-refractivity contribution in [1.82, 2.24) is 0 Å². The molecule has 0 unspecified atom stereocenters. The van der Waals surface area contributed by atoms with Crippen LogP contribution < -0.4 is 14.8 Å². The fourth-order valence-corrected chi connectivity index (χ4v) is 2.44. The Hall–Kier alpha value is -3.27. The fraction of sp³-hybridized carbons (Fsp3) is 0.0952. The molecule has 0 fully saturated rings. The standard InChI is InChI=1S/C21H19NO3/c1-2-24-20-11-7-6-10-19(20)22-21(23)25-18-14-12-17(13-15-18)16-8-4-3-5-9-16/h3-15H,2H2,1H3,(H,22,23). The van der Waals surface area contributed by atoms with Crippen LogP contribution in [0.2, 0.25) is 0 Å². The molecule has 1 N–H and O–H groups in total. The van der Waals surface area contributed by atoms with E-state index in [4.69, 9.17) is 9.47 Å². The zero-order chi connectivity index (χ0) is 17.5. The van der Waals surface area contributed by atoms with Gasteiger partial charge in [0.2, 0.25) is 0 Å². The summed E-state index contributed by atoms with van der Waals surface area (Å²) in [6.45, 7) is 2.41. The van der Waals surface area contributed by atoms with E-state index in [1.165, 1.54) is 0 Å².